The van der Waals surface area contributed by atoms with Gasteiger partial charge in [0.05, 0.1) is 15.2 Å². The third-order valence-electron chi connectivity index (χ3n) is 6.05. The molecule has 1 fully saturated rings. The number of carbonyl (C=O) groups excluding carboxylic acids is 1. The number of rotatable bonds is 6. The summed E-state index contributed by atoms with van der Waals surface area (Å²) in [7, 11) is -4.14. The van der Waals surface area contributed by atoms with Crippen molar-refractivity contribution in [3.63, 3.8) is 0 Å². The van der Waals surface area contributed by atoms with Gasteiger partial charge in [-0.1, -0.05) is 6.07 Å². The van der Waals surface area contributed by atoms with Crippen LogP contribution in [-0.4, -0.2) is 28.9 Å². The van der Waals surface area contributed by atoms with Crippen molar-refractivity contribution in [1.82, 2.24) is 9.97 Å². The van der Waals surface area contributed by atoms with E-state index in [0.717, 1.165) is 30.5 Å². The van der Waals surface area contributed by atoms with Crippen molar-refractivity contribution in [1.29, 1.82) is 0 Å². The van der Waals surface area contributed by atoms with E-state index in [0.29, 0.717) is 6.07 Å². The minimum absolute atomic E-state index is 0.121. The van der Waals surface area contributed by atoms with Crippen LogP contribution < -0.4 is 0 Å². The predicted octanol–water partition coefficient (Wildman–Crippen LogP) is 5.37. The summed E-state index contributed by atoms with van der Waals surface area (Å²) < 4.78 is 102. The fourth-order valence-corrected chi connectivity index (χ4v) is 5.63. The number of ketones is 1. The molecule has 12 heteroatoms. The number of carbonyl (C=O) groups is 1. The zero-order chi connectivity index (χ0) is 24.8. The number of alkyl halides is 6. The normalized spacial score (nSPS) is 19.8. The Balaban J connectivity index is 1.69. The lowest BCUT2D eigenvalue weighted by Crippen LogP contribution is -2.46. The van der Waals surface area contributed by atoms with Gasteiger partial charge in [-0.3, -0.25) is 4.79 Å². The van der Waals surface area contributed by atoms with Crippen molar-refractivity contribution in [2.24, 2.45) is 11.8 Å². The molecule has 180 valence electrons. The van der Waals surface area contributed by atoms with Gasteiger partial charge in [-0.15, -0.1) is 0 Å². The maximum atomic E-state index is 13.1. The Bertz CT molecular complexity index is 1150. The van der Waals surface area contributed by atoms with Gasteiger partial charge in [0.2, 0.25) is 5.82 Å². The molecule has 0 spiro atoms. The van der Waals surface area contributed by atoms with E-state index in [2.05, 4.69) is 9.97 Å². The Morgan fingerprint density at radius 2 is 1.67 bits per heavy atom. The third-order valence-corrected chi connectivity index (χ3v) is 8.65. The highest BCUT2D eigenvalue weighted by molar-refractivity contribution is 7.92. The number of hydrogen-bond acceptors (Lipinski definition) is 5. The van der Waals surface area contributed by atoms with E-state index in [1.807, 2.05) is 0 Å². The van der Waals surface area contributed by atoms with Crippen molar-refractivity contribution < 1.29 is 39.6 Å². The molecule has 5 nitrogen and oxygen atoms in total. The van der Waals surface area contributed by atoms with Gasteiger partial charge in [-0.05, 0) is 62.8 Å². The van der Waals surface area contributed by atoms with Crippen molar-refractivity contribution in [2.45, 2.75) is 55.1 Å². The zero-order valence-corrected chi connectivity index (χ0v) is 18.4. The third kappa shape index (κ3) is 5.04. The van der Waals surface area contributed by atoms with Crippen LogP contribution in [0.1, 0.15) is 55.0 Å². The SMILES string of the molecule is CC(C)(C1CC(CC(=O)c2ccnc(C(F)(F)F)n2)C1)S(=O)(=O)c1cccc(C(F)(F)F)c1. The summed E-state index contributed by atoms with van der Waals surface area (Å²) in [5.41, 5.74) is -1.45. The highest BCUT2D eigenvalue weighted by Crippen LogP contribution is 2.48. The highest BCUT2D eigenvalue weighted by Gasteiger charge is 2.49. The molecule has 0 aliphatic heterocycles. The summed E-state index contributed by atoms with van der Waals surface area (Å²) in [5.74, 6) is -2.76. The number of Topliss-reactive ketones (excluding diaryl/α,β-unsaturated/α-hetero) is 1. The molecule has 1 aromatic carbocycles. The van der Waals surface area contributed by atoms with Gasteiger partial charge >= 0.3 is 12.4 Å². The molecule has 1 saturated carbocycles. The summed E-state index contributed by atoms with van der Waals surface area (Å²) in [5, 5.41) is 0. The largest absolute Gasteiger partial charge is 0.451 e. The van der Waals surface area contributed by atoms with E-state index in [1.54, 1.807) is 0 Å². The van der Waals surface area contributed by atoms with Crippen molar-refractivity contribution in [3.8, 4) is 0 Å². The number of nitrogens with zero attached hydrogens (tertiary/aromatic N) is 2. The molecule has 0 amide bonds. The zero-order valence-electron chi connectivity index (χ0n) is 17.5. The second-order valence-electron chi connectivity index (χ2n) is 8.56. The van der Waals surface area contributed by atoms with Crippen LogP contribution in [0.25, 0.3) is 0 Å². The lowest BCUT2D eigenvalue weighted by atomic mass is 9.67. The van der Waals surface area contributed by atoms with Crippen LogP contribution in [0.3, 0.4) is 0 Å². The lowest BCUT2D eigenvalue weighted by molar-refractivity contribution is -0.145. The van der Waals surface area contributed by atoms with E-state index in [1.165, 1.54) is 13.8 Å². The van der Waals surface area contributed by atoms with Crippen molar-refractivity contribution in [3.05, 3.63) is 53.6 Å². The molecule has 0 bridgehead atoms. The standard InChI is InChI=1S/C21H20F6N2O3S/c1-19(2,33(31,32)15-5-3-4-13(11-15)20(22,23)24)14-8-12(9-14)10-17(30)16-6-7-28-18(29-16)21(25,26)27/h3-7,11-12,14H,8-10H2,1-2H3. The quantitative estimate of drug-likeness (QED) is 0.399. The van der Waals surface area contributed by atoms with Crippen LogP contribution in [0.4, 0.5) is 26.3 Å². The summed E-state index contributed by atoms with van der Waals surface area (Å²) in [4.78, 5) is 18.3. The fraction of sp³-hybridized carbons (Fsp3) is 0.476. The van der Waals surface area contributed by atoms with Gasteiger partial charge in [0.15, 0.2) is 15.6 Å². The topological polar surface area (TPSA) is 77.0 Å². The molecule has 0 atom stereocenters. The second kappa shape index (κ2) is 8.37. The second-order valence-corrected chi connectivity index (χ2v) is 11.1. The molecule has 0 N–H and O–H groups in total. The van der Waals surface area contributed by atoms with E-state index in [9.17, 15) is 39.6 Å². The summed E-state index contributed by atoms with van der Waals surface area (Å²) in [6.07, 6.45) is -8.19. The molecule has 33 heavy (non-hydrogen) atoms. The predicted molar refractivity (Wildman–Crippen MR) is 105 cm³/mol. The minimum Gasteiger partial charge on any atom is -0.292 e. The number of hydrogen-bond donors (Lipinski definition) is 0. The first-order valence-electron chi connectivity index (χ1n) is 9.89. The van der Waals surface area contributed by atoms with Crippen LogP contribution in [-0.2, 0) is 22.2 Å². The number of halogens is 6. The molecular weight excluding hydrogens is 474 g/mol. The van der Waals surface area contributed by atoms with Crippen molar-refractivity contribution in [2.75, 3.05) is 0 Å². The fourth-order valence-electron chi connectivity index (χ4n) is 3.85. The first-order valence-corrected chi connectivity index (χ1v) is 11.4. The molecule has 1 aliphatic rings. The molecule has 0 radical (unpaired) electrons. The smallest absolute Gasteiger partial charge is 0.292 e. The maximum absolute atomic E-state index is 13.1. The number of benzene rings is 1. The van der Waals surface area contributed by atoms with Gasteiger partial charge in [0.1, 0.15) is 5.69 Å². The van der Waals surface area contributed by atoms with Gasteiger partial charge in [0, 0.05) is 12.6 Å². The molecule has 2 aromatic rings. The van der Waals surface area contributed by atoms with E-state index in [4.69, 9.17) is 0 Å². The summed E-state index contributed by atoms with van der Waals surface area (Å²) >= 11 is 0. The Morgan fingerprint density at radius 1 is 1.03 bits per heavy atom. The van der Waals surface area contributed by atoms with Gasteiger partial charge < -0.3 is 0 Å². The molecule has 0 saturated heterocycles. The average Bonchev–Trinajstić information content (AvgIpc) is 2.68. The van der Waals surface area contributed by atoms with Crippen LogP contribution >= 0.6 is 0 Å². The summed E-state index contributed by atoms with van der Waals surface area (Å²) in [6.45, 7) is 2.84. The Hall–Kier alpha value is -2.50. The molecule has 1 aliphatic carbocycles. The number of aromatic nitrogens is 2. The summed E-state index contributed by atoms with van der Waals surface area (Å²) in [6, 6.07) is 4.61. The van der Waals surface area contributed by atoms with E-state index in [-0.39, 0.29) is 30.9 Å². The highest BCUT2D eigenvalue weighted by atomic mass is 32.2. The van der Waals surface area contributed by atoms with E-state index < -0.39 is 54.9 Å². The first kappa shape index (κ1) is 25.1. The monoisotopic (exact) mass is 494 g/mol. The first-order chi connectivity index (χ1) is 15.0. The molecule has 0 unspecified atom stereocenters. The van der Waals surface area contributed by atoms with Crippen LogP contribution in [0.2, 0.25) is 0 Å². The Kier molecular flexibility index (Phi) is 6.37. The van der Waals surface area contributed by atoms with Crippen LogP contribution in [0.15, 0.2) is 41.4 Å². The van der Waals surface area contributed by atoms with Gasteiger partial charge in [-0.2, -0.15) is 26.3 Å². The number of sulfone groups is 1. The van der Waals surface area contributed by atoms with Crippen LogP contribution in [0, 0.1) is 11.8 Å². The maximum Gasteiger partial charge on any atom is 0.451 e. The molecular formula is C21H20F6N2O3S. The lowest BCUT2D eigenvalue weighted by Gasteiger charge is -2.44. The Morgan fingerprint density at radius 3 is 2.24 bits per heavy atom. The Labute approximate surface area is 186 Å². The average molecular weight is 494 g/mol. The molecule has 1 heterocycles. The van der Waals surface area contributed by atoms with Crippen molar-refractivity contribution >= 4 is 15.6 Å². The minimum atomic E-state index is -4.79. The van der Waals surface area contributed by atoms with Gasteiger partial charge in [-0.25, -0.2) is 18.4 Å². The molecule has 1 aromatic heterocycles. The van der Waals surface area contributed by atoms with Gasteiger partial charge in [0.25, 0.3) is 0 Å². The van der Waals surface area contributed by atoms with E-state index >= 15 is 0 Å². The van der Waals surface area contributed by atoms with Crippen LogP contribution in [0.5, 0.6) is 0 Å². The molecule has 3 rings (SSSR count).